The highest BCUT2D eigenvalue weighted by molar-refractivity contribution is 5.91. The van der Waals surface area contributed by atoms with Crippen LogP contribution >= 0.6 is 0 Å². The van der Waals surface area contributed by atoms with Crippen molar-refractivity contribution in [1.82, 2.24) is 5.32 Å². The lowest BCUT2D eigenvalue weighted by Crippen LogP contribution is -2.36. The number of hydrogen-bond donors (Lipinski definition) is 2. The highest BCUT2D eigenvalue weighted by atomic mass is 16.6. The number of carbonyl (C=O) groups is 2. The van der Waals surface area contributed by atoms with Gasteiger partial charge in [0, 0.05) is 19.6 Å². The van der Waals surface area contributed by atoms with Crippen LogP contribution in [0.5, 0.6) is 0 Å². The third-order valence-electron chi connectivity index (χ3n) is 3.52. The van der Waals surface area contributed by atoms with E-state index >= 15 is 0 Å². The Morgan fingerprint density at radius 1 is 1.35 bits per heavy atom. The van der Waals surface area contributed by atoms with E-state index in [0.29, 0.717) is 19.6 Å². The van der Waals surface area contributed by atoms with E-state index in [9.17, 15) is 9.59 Å². The van der Waals surface area contributed by atoms with Crippen LogP contribution in [0.1, 0.15) is 38.3 Å². The highest BCUT2D eigenvalue weighted by Crippen LogP contribution is 2.33. The Bertz CT molecular complexity index is 593. The average Bonchev–Trinajstić information content (AvgIpc) is 2.86. The first-order chi connectivity index (χ1) is 10.8. The topological polar surface area (TPSA) is 78.9 Å². The molecule has 0 radical (unpaired) electrons. The van der Waals surface area contributed by atoms with E-state index in [2.05, 4.69) is 5.32 Å². The van der Waals surface area contributed by atoms with E-state index in [0.717, 1.165) is 23.2 Å². The second-order valence-corrected chi connectivity index (χ2v) is 6.63. The largest absolute Gasteiger partial charge is 0.481 e. The number of hydrogen-bond acceptors (Lipinski definition) is 4. The predicted octanol–water partition coefficient (Wildman–Crippen LogP) is 2.55. The number of ether oxygens (including phenoxy) is 1. The Morgan fingerprint density at radius 2 is 2.09 bits per heavy atom. The van der Waals surface area contributed by atoms with E-state index in [4.69, 9.17) is 9.84 Å². The zero-order valence-corrected chi connectivity index (χ0v) is 13.9. The van der Waals surface area contributed by atoms with Crippen LogP contribution in [-0.2, 0) is 22.5 Å². The maximum atomic E-state index is 12.4. The molecule has 0 aliphatic carbocycles. The lowest BCUT2D eigenvalue weighted by molar-refractivity contribution is -0.136. The summed E-state index contributed by atoms with van der Waals surface area (Å²) in [6.07, 6.45) is 0.539. The standard InChI is InChI=1S/C17H24N2O4/c1-17(2,3)23-16(22)19-10-8-12-5-4-6-13(15(12)19)11-18-9-7-14(20)21/h4-6,18H,7-11H2,1-3H3,(H,20,21). The molecule has 0 spiro atoms. The number of carbonyl (C=O) groups excluding carboxylic acids is 1. The number of nitrogens with zero attached hydrogens (tertiary/aromatic N) is 1. The molecule has 6 nitrogen and oxygen atoms in total. The Kier molecular flexibility index (Phi) is 5.26. The van der Waals surface area contributed by atoms with Gasteiger partial charge in [-0.2, -0.15) is 0 Å². The number of fused-ring (bicyclic) bond motifs is 1. The summed E-state index contributed by atoms with van der Waals surface area (Å²) in [4.78, 5) is 24.6. The van der Waals surface area contributed by atoms with Crippen molar-refractivity contribution >= 4 is 17.7 Å². The Labute approximate surface area is 136 Å². The average molecular weight is 320 g/mol. The number of anilines is 1. The smallest absolute Gasteiger partial charge is 0.414 e. The van der Waals surface area contributed by atoms with Crippen LogP contribution in [0.4, 0.5) is 10.5 Å². The zero-order chi connectivity index (χ0) is 17.0. The molecule has 1 aromatic carbocycles. The van der Waals surface area contributed by atoms with Crippen LogP contribution in [0, 0.1) is 0 Å². The summed E-state index contributed by atoms with van der Waals surface area (Å²) in [6, 6.07) is 5.93. The maximum absolute atomic E-state index is 12.4. The van der Waals surface area contributed by atoms with Gasteiger partial charge in [-0.15, -0.1) is 0 Å². The molecule has 1 aromatic rings. The minimum atomic E-state index is -0.828. The van der Waals surface area contributed by atoms with Crippen LogP contribution in [0.15, 0.2) is 18.2 Å². The first-order valence-electron chi connectivity index (χ1n) is 7.82. The van der Waals surface area contributed by atoms with Crippen LogP contribution in [0.2, 0.25) is 0 Å². The van der Waals surface area contributed by atoms with Crippen molar-refractivity contribution in [1.29, 1.82) is 0 Å². The van der Waals surface area contributed by atoms with Crippen molar-refractivity contribution in [2.75, 3.05) is 18.0 Å². The number of amides is 1. The second-order valence-electron chi connectivity index (χ2n) is 6.63. The Hall–Kier alpha value is -2.08. The molecule has 0 saturated heterocycles. The summed E-state index contributed by atoms with van der Waals surface area (Å²) in [5.41, 5.74) is 2.46. The van der Waals surface area contributed by atoms with Crippen molar-refractivity contribution in [2.24, 2.45) is 0 Å². The van der Waals surface area contributed by atoms with E-state index in [1.165, 1.54) is 0 Å². The molecule has 0 atom stereocenters. The van der Waals surface area contributed by atoms with E-state index in [1.54, 1.807) is 4.90 Å². The van der Waals surface area contributed by atoms with Gasteiger partial charge >= 0.3 is 12.1 Å². The molecule has 2 N–H and O–H groups in total. The van der Waals surface area contributed by atoms with Crippen LogP contribution in [0.3, 0.4) is 0 Å². The number of carboxylic acid groups (broad SMARTS) is 1. The summed E-state index contributed by atoms with van der Waals surface area (Å²) in [5, 5.41) is 11.8. The van der Waals surface area contributed by atoms with Gasteiger partial charge < -0.3 is 15.2 Å². The van der Waals surface area contributed by atoms with Gasteiger partial charge in [-0.25, -0.2) is 4.79 Å². The minimum Gasteiger partial charge on any atom is -0.481 e. The number of benzene rings is 1. The summed E-state index contributed by atoms with van der Waals surface area (Å²) < 4.78 is 5.48. The predicted molar refractivity (Wildman–Crippen MR) is 87.7 cm³/mol. The summed E-state index contributed by atoms with van der Waals surface area (Å²) in [6.45, 7) is 7.07. The van der Waals surface area contributed by atoms with Gasteiger partial charge in [0.1, 0.15) is 5.60 Å². The van der Waals surface area contributed by atoms with E-state index in [-0.39, 0.29) is 12.5 Å². The molecule has 1 aliphatic rings. The summed E-state index contributed by atoms with van der Waals surface area (Å²) in [5.74, 6) is -0.828. The Morgan fingerprint density at radius 3 is 2.74 bits per heavy atom. The fraction of sp³-hybridized carbons (Fsp3) is 0.529. The number of para-hydroxylation sites is 1. The minimum absolute atomic E-state index is 0.0742. The first-order valence-corrected chi connectivity index (χ1v) is 7.82. The molecular formula is C17H24N2O4. The molecule has 1 aliphatic heterocycles. The Balaban J connectivity index is 2.10. The van der Waals surface area contributed by atoms with Gasteiger partial charge in [-0.05, 0) is 38.3 Å². The zero-order valence-electron chi connectivity index (χ0n) is 13.9. The van der Waals surface area contributed by atoms with Crippen LogP contribution in [-0.4, -0.2) is 35.9 Å². The maximum Gasteiger partial charge on any atom is 0.414 e. The second kappa shape index (κ2) is 7.00. The lowest BCUT2D eigenvalue weighted by Gasteiger charge is -2.26. The third kappa shape index (κ3) is 4.69. The lowest BCUT2D eigenvalue weighted by atomic mass is 10.1. The van der Waals surface area contributed by atoms with Gasteiger partial charge in [0.25, 0.3) is 0 Å². The van der Waals surface area contributed by atoms with Gasteiger partial charge in [-0.1, -0.05) is 18.2 Å². The van der Waals surface area contributed by atoms with Gasteiger partial charge in [0.15, 0.2) is 0 Å². The van der Waals surface area contributed by atoms with Crippen molar-refractivity contribution < 1.29 is 19.4 Å². The molecule has 0 saturated carbocycles. The van der Waals surface area contributed by atoms with Crippen molar-refractivity contribution in [3.8, 4) is 0 Å². The van der Waals surface area contributed by atoms with Crippen molar-refractivity contribution in [3.63, 3.8) is 0 Å². The molecule has 0 fully saturated rings. The molecule has 2 rings (SSSR count). The van der Waals surface area contributed by atoms with Gasteiger partial charge in [0.05, 0.1) is 12.1 Å². The molecule has 23 heavy (non-hydrogen) atoms. The monoisotopic (exact) mass is 320 g/mol. The summed E-state index contributed by atoms with van der Waals surface area (Å²) >= 11 is 0. The molecule has 1 amide bonds. The van der Waals surface area contributed by atoms with Crippen LogP contribution < -0.4 is 10.2 Å². The quantitative estimate of drug-likeness (QED) is 0.815. The molecule has 0 unspecified atom stereocenters. The number of carboxylic acids is 1. The fourth-order valence-corrected chi connectivity index (χ4v) is 2.60. The molecule has 1 heterocycles. The first kappa shape index (κ1) is 17.3. The normalized spacial score (nSPS) is 13.8. The highest BCUT2D eigenvalue weighted by Gasteiger charge is 2.30. The number of aliphatic carboxylic acids is 1. The van der Waals surface area contributed by atoms with E-state index < -0.39 is 11.6 Å². The molecule has 0 aromatic heterocycles. The molecular weight excluding hydrogens is 296 g/mol. The van der Waals surface area contributed by atoms with Crippen molar-refractivity contribution in [3.05, 3.63) is 29.3 Å². The number of rotatable bonds is 5. The SMILES string of the molecule is CC(C)(C)OC(=O)N1CCc2cccc(CNCCC(=O)O)c21. The van der Waals surface area contributed by atoms with Crippen molar-refractivity contribution in [2.45, 2.75) is 45.8 Å². The third-order valence-corrected chi connectivity index (χ3v) is 3.52. The van der Waals surface area contributed by atoms with Gasteiger partial charge in [-0.3, -0.25) is 9.69 Å². The number of nitrogens with one attached hydrogen (secondary N) is 1. The fourth-order valence-electron chi connectivity index (χ4n) is 2.60. The summed E-state index contributed by atoms with van der Waals surface area (Å²) in [7, 11) is 0. The van der Waals surface area contributed by atoms with E-state index in [1.807, 2.05) is 39.0 Å². The molecule has 0 bridgehead atoms. The van der Waals surface area contributed by atoms with Gasteiger partial charge in [0.2, 0.25) is 0 Å². The van der Waals surface area contributed by atoms with Crippen LogP contribution in [0.25, 0.3) is 0 Å². The molecule has 126 valence electrons. The molecule has 6 heteroatoms.